The van der Waals surface area contributed by atoms with E-state index in [2.05, 4.69) is 0 Å². The number of para-hydroxylation sites is 1. The molecule has 5 heteroatoms. The number of aryl methyl sites for hydroxylation is 1. The second-order valence-corrected chi connectivity index (χ2v) is 8.00. The van der Waals surface area contributed by atoms with Gasteiger partial charge in [-0.1, -0.05) is 12.1 Å². The number of rotatable bonds is 3. The van der Waals surface area contributed by atoms with Crippen molar-refractivity contribution in [1.29, 1.82) is 0 Å². The number of halogens is 1. The number of fused-ring (bicyclic) bond motifs is 2. The van der Waals surface area contributed by atoms with E-state index in [9.17, 15) is 9.18 Å². The van der Waals surface area contributed by atoms with Crippen molar-refractivity contribution in [1.82, 2.24) is 0 Å². The van der Waals surface area contributed by atoms with E-state index in [1.807, 2.05) is 39.0 Å². The highest BCUT2D eigenvalue weighted by Gasteiger charge is 2.33. The summed E-state index contributed by atoms with van der Waals surface area (Å²) >= 11 is 0. The normalized spacial score (nSPS) is 19.9. The molecule has 4 nitrogen and oxygen atoms in total. The monoisotopic (exact) mass is 369 g/mol. The summed E-state index contributed by atoms with van der Waals surface area (Å²) in [5, 5.41) is 0. The number of carbonyl (C=O) groups excluding carboxylic acids is 1. The number of hydrogen-bond acceptors (Lipinski definition) is 3. The second-order valence-electron chi connectivity index (χ2n) is 8.00. The van der Waals surface area contributed by atoms with Crippen LogP contribution in [0.3, 0.4) is 0 Å². The first-order valence-electron chi connectivity index (χ1n) is 9.38. The van der Waals surface area contributed by atoms with Crippen molar-refractivity contribution in [3.8, 4) is 11.5 Å². The minimum atomic E-state index is -0.272. The molecule has 2 aromatic rings. The molecule has 0 saturated heterocycles. The SMILES string of the molecule is C[C@H]1CCc2cc(F)ccc2N1C(=O)COc1cccc2c1OC(C)(C)C2. The van der Waals surface area contributed by atoms with E-state index in [1.165, 1.54) is 12.1 Å². The Bertz CT molecular complexity index is 893. The third kappa shape index (κ3) is 3.38. The molecule has 0 bridgehead atoms. The zero-order chi connectivity index (χ0) is 19.2. The summed E-state index contributed by atoms with van der Waals surface area (Å²) in [5.41, 5.74) is 2.47. The van der Waals surface area contributed by atoms with Crippen molar-refractivity contribution in [3.63, 3.8) is 0 Å². The fraction of sp³-hybridized carbons (Fsp3) is 0.409. The molecular formula is C22H24FNO3. The van der Waals surface area contributed by atoms with Gasteiger partial charge in [0.05, 0.1) is 0 Å². The summed E-state index contributed by atoms with van der Waals surface area (Å²) < 4.78 is 25.4. The van der Waals surface area contributed by atoms with Gasteiger partial charge < -0.3 is 14.4 Å². The van der Waals surface area contributed by atoms with Crippen molar-refractivity contribution in [2.24, 2.45) is 0 Å². The van der Waals surface area contributed by atoms with E-state index < -0.39 is 0 Å². The van der Waals surface area contributed by atoms with Gasteiger partial charge in [0.2, 0.25) is 0 Å². The van der Waals surface area contributed by atoms with Crippen molar-refractivity contribution in [2.45, 2.75) is 51.7 Å². The van der Waals surface area contributed by atoms with Gasteiger partial charge in [0.1, 0.15) is 11.4 Å². The van der Waals surface area contributed by atoms with Gasteiger partial charge in [-0.05, 0) is 63.4 Å². The molecular weight excluding hydrogens is 345 g/mol. The Labute approximate surface area is 158 Å². The molecule has 1 atom stereocenters. The van der Waals surface area contributed by atoms with Crippen LogP contribution in [0.1, 0.15) is 38.3 Å². The molecule has 142 valence electrons. The zero-order valence-corrected chi connectivity index (χ0v) is 15.9. The standard InChI is InChI=1S/C22H24FNO3/c1-14-7-8-15-11-17(23)9-10-18(15)24(14)20(25)13-26-19-6-4-5-16-12-22(2,3)27-21(16)19/h4-6,9-11,14H,7-8,12-13H2,1-3H3/t14-/m0/s1. The predicted molar refractivity (Wildman–Crippen MR) is 102 cm³/mol. The molecule has 2 aromatic carbocycles. The van der Waals surface area contributed by atoms with E-state index in [-0.39, 0.29) is 30.0 Å². The van der Waals surface area contributed by atoms with Gasteiger partial charge in [-0.25, -0.2) is 4.39 Å². The lowest BCUT2D eigenvalue weighted by Crippen LogP contribution is -2.44. The van der Waals surface area contributed by atoms with E-state index in [4.69, 9.17) is 9.47 Å². The average molecular weight is 369 g/mol. The summed E-state index contributed by atoms with van der Waals surface area (Å²) in [6, 6.07) is 10.4. The maximum absolute atomic E-state index is 13.5. The quantitative estimate of drug-likeness (QED) is 0.810. The first kappa shape index (κ1) is 17.8. The molecule has 1 amide bonds. The molecule has 0 spiro atoms. The van der Waals surface area contributed by atoms with Crippen molar-refractivity contribution < 1.29 is 18.7 Å². The van der Waals surface area contributed by atoms with Crippen LogP contribution >= 0.6 is 0 Å². The minimum absolute atomic E-state index is 0.0516. The molecule has 0 saturated carbocycles. The fourth-order valence-electron chi connectivity index (χ4n) is 4.01. The lowest BCUT2D eigenvalue weighted by Gasteiger charge is -2.35. The predicted octanol–water partition coefficient (Wildman–Crippen LogP) is 4.29. The summed E-state index contributed by atoms with van der Waals surface area (Å²) in [4.78, 5) is 14.7. The Kier molecular flexibility index (Phi) is 4.33. The molecule has 0 radical (unpaired) electrons. The summed E-state index contributed by atoms with van der Waals surface area (Å²) in [7, 11) is 0. The van der Waals surface area contributed by atoms with Gasteiger partial charge >= 0.3 is 0 Å². The Morgan fingerprint density at radius 2 is 2.11 bits per heavy atom. The molecule has 2 aliphatic rings. The Balaban J connectivity index is 1.53. The molecule has 4 rings (SSSR count). The summed E-state index contributed by atoms with van der Waals surface area (Å²) in [6.45, 7) is 6.00. The van der Waals surface area contributed by atoms with Crippen LogP contribution in [0.5, 0.6) is 11.5 Å². The Morgan fingerprint density at radius 3 is 2.93 bits per heavy atom. The fourth-order valence-corrected chi connectivity index (χ4v) is 4.01. The number of hydrogen-bond donors (Lipinski definition) is 0. The second kappa shape index (κ2) is 6.55. The maximum Gasteiger partial charge on any atom is 0.265 e. The smallest absolute Gasteiger partial charge is 0.265 e. The van der Waals surface area contributed by atoms with E-state index in [1.54, 1.807) is 11.0 Å². The van der Waals surface area contributed by atoms with E-state index >= 15 is 0 Å². The van der Waals surface area contributed by atoms with Crippen LogP contribution in [-0.4, -0.2) is 24.2 Å². The molecule has 2 aliphatic heterocycles. The van der Waals surface area contributed by atoms with Gasteiger partial charge in [0.15, 0.2) is 18.1 Å². The van der Waals surface area contributed by atoms with Crippen LogP contribution in [0.15, 0.2) is 36.4 Å². The molecule has 0 aromatic heterocycles. The first-order chi connectivity index (χ1) is 12.8. The Hall–Kier alpha value is -2.56. The number of carbonyl (C=O) groups is 1. The van der Waals surface area contributed by atoms with Gasteiger partial charge in [-0.2, -0.15) is 0 Å². The topological polar surface area (TPSA) is 38.8 Å². The highest BCUT2D eigenvalue weighted by atomic mass is 19.1. The third-order valence-corrected chi connectivity index (χ3v) is 5.25. The van der Waals surface area contributed by atoms with Crippen LogP contribution in [0.2, 0.25) is 0 Å². The minimum Gasteiger partial charge on any atom is -0.483 e. The zero-order valence-electron chi connectivity index (χ0n) is 15.9. The van der Waals surface area contributed by atoms with Gasteiger partial charge in [-0.3, -0.25) is 4.79 Å². The Morgan fingerprint density at radius 1 is 1.30 bits per heavy atom. The summed E-state index contributed by atoms with van der Waals surface area (Å²) in [5.74, 6) is 0.913. The lowest BCUT2D eigenvalue weighted by atomic mass is 9.96. The van der Waals surface area contributed by atoms with E-state index in [0.29, 0.717) is 5.75 Å². The third-order valence-electron chi connectivity index (χ3n) is 5.25. The average Bonchev–Trinajstić information content (AvgIpc) is 2.94. The summed E-state index contributed by atoms with van der Waals surface area (Å²) in [6.07, 6.45) is 2.39. The number of benzene rings is 2. The first-order valence-corrected chi connectivity index (χ1v) is 9.38. The van der Waals surface area contributed by atoms with Gasteiger partial charge in [-0.15, -0.1) is 0 Å². The van der Waals surface area contributed by atoms with Crippen LogP contribution in [-0.2, 0) is 17.6 Å². The molecule has 0 N–H and O–H groups in total. The number of nitrogens with zero attached hydrogens (tertiary/aromatic N) is 1. The molecule has 0 fully saturated rings. The molecule has 2 heterocycles. The van der Waals surface area contributed by atoms with Crippen LogP contribution in [0.4, 0.5) is 10.1 Å². The number of anilines is 1. The van der Waals surface area contributed by atoms with Gasteiger partial charge in [0, 0.05) is 23.7 Å². The maximum atomic E-state index is 13.5. The lowest BCUT2D eigenvalue weighted by molar-refractivity contribution is -0.121. The van der Waals surface area contributed by atoms with Crippen LogP contribution < -0.4 is 14.4 Å². The highest BCUT2D eigenvalue weighted by Crippen LogP contribution is 2.41. The van der Waals surface area contributed by atoms with Gasteiger partial charge in [0.25, 0.3) is 5.91 Å². The molecule has 27 heavy (non-hydrogen) atoms. The number of amides is 1. The van der Waals surface area contributed by atoms with Crippen LogP contribution in [0.25, 0.3) is 0 Å². The van der Waals surface area contributed by atoms with Crippen molar-refractivity contribution in [3.05, 3.63) is 53.3 Å². The van der Waals surface area contributed by atoms with E-state index in [0.717, 1.165) is 41.8 Å². The molecule has 0 aliphatic carbocycles. The van der Waals surface area contributed by atoms with Crippen molar-refractivity contribution >= 4 is 11.6 Å². The number of ether oxygens (including phenoxy) is 2. The largest absolute Gasteiger partial charge is 0.483 e. The van der Waals surface area contributed by atoms with Crippen molar-refractivity contribution in [2.75, 3.05) is 11.5 Å². The van der Waals surface area contributed by atoms with Crippen LogP contribution in [0, 0.1) is 5.82 Å². The molecule has 0 unspecified atom stereocenters. The highest BCUT2D eigenvalue weighted by molar-refractivity contribution is 5.96.